The van der Waals surface area contributed by atoms with E-state index in [2.05, 4.69) is 40.5 Å². The van der Waals surface area contributed by atoms with Gasteiger partial charge in [0.15, 0.2) is 0 Å². The number of aliphatic carboxylic acids is 1. The van der Waals surface area contributed by atoms with Crippen molar-refractivity contribution in [1.82, 2.24) is 0 Å². The number of hydrogen-bond acceptors (Lipinski definition) is 10. The second-order valence-corrected chi connectivity index (χ2v) is 5.94. The average Bonchev–Trinajstić information content (AvgIpc) is 3.06. The first-order valence-electron chi connectivity index (χ1n) is 8.07. The normalized spacial score (nSPS) is 9.94. The van der Waals surface area contributed by atoms with E-state index in [9.17, 15) is 32.4 Å². The zero-order valence-electron chi connectivity index (χ0n) is 18.8. The summed E-state index contributed by atoms with van der Waals surface area (Å²) in [6.07, 6.45) is 4.41. The summed E-state index contributed by atoms with van der Waals surface area (Å²) in [5, 5.41) is 8.36. The summed E-state index contributed by atoms with van der Waals surface area (Å²) >= 11 is 0. The molecular weight excluding hydrogens is 475 g/mol. The van der Waals surface area contributed by atoms with Gasteiger partial charge in [-0.15, -0.1) is 0 Å². The van der Waals surface area contributed by atoms with Crippen molar-refractivity contribution in [3.05, 3.63) is 61.8 Å². The van der Waals surface area contributed by atoms with Crippen LogP contribution in [-0.2, 0) is 48.3 Å². The van der Waals surface area contributed by atoms with E-state index < -0.39 is 28.0 Å². The fourth-order valence-electron chi connectivity index (χ4n) is 0.622. The van der Waals surface area contributed by atoms with Gasteiger partial charge in [-0.3, -0.25) is 9.35 Å². The minimum atomic E-state index is -3.90. The SMILES string of the molecule is C=C(C)C(=O)O.C=CC(=O)OCC.C=COC(C)=O.C=CS(=O)(=O)O.O=C1C=CC(=O)O1.[Na]. The largest absolute Gasteiger partial charge is 0.478 e. The van der Waals surface area contributed by atoms with Crippen molar-refractivity contribution in [2.45, 2.75) is 20.8 Å². The van der Waals surface area contributed by atoms with Crippen LogP contribution in [0.15, 0.2) is 61.8 Å². The molecule has 1 radical (unpaired) electrons. The van der Waals surface area contributed by atoms with Crippen molar-refractivity contribution < 1.29 is 56.3 Å². The van der Waals surface area contributed by atoms with Gasteiger partial charge in [0, 0.05) is 60.3 Å². The number of carboxylic acids is 1. The Kier molecular flexibility index (Phi) is 31.2. The minimum absolute atomic E-state index is 0. The maximum atomic E-state index is 10.1. The summed E-state index contributed by atoms with van der Waals surface area (Å²) < 4.78 is 39.1. The topological polar surface area (TPSA) is 188 Å². The van der Waals surface area contributed by atoms with Crippen LogP contribution in [0.3, 0.4) is 0 Å². The molecule has 1 rings (SSSR count). The molecule has 0 fully saturated rings. The number of esters is 4. The van der Waals surface area contributed by atoms with Crippen molar-refractivity contribution >= 4 is 69.5 Å². The van der Waals surface area contributed by atoms with Crippen LogP contribution < -0.4 is 0 Å². The Labute approximate surface area is 214 Å². The quantitative estimate of drug-likeness (QED) is 0.105. The van der Waals surface area contributed by atoms with Crippen molar-refractivity contribution in [3.63, 3.8) is 0 Å². The smallest absolute Gasteiger partial charge is 0.338 e. The average molecular weight is 501 g/mol. The van der Waals surface area contributed by atoms with Gasteiger partial charge in [-0.2, -0.15) is 8.42 Å². The number of rotatable bonds is 5. The summed E-state index contributed by atoms with van der Waals surface area (Å²) in [6.45, 7) is 17.3. The maximum absolute atomic E-state index is 10.1. The van der Waals surface area contributed by atoms with E-state index in [1.165, 1.54) is 13.8 Å². The fraction of sp³-hybridized carbons (Fsp3) is 0.211. The number of hydrogen-bond donors (Lipinski definition) is 2. The van der Waals surface area contributed by atoms with Crippen molar-refractivity contribution in [3.8, 4) is 0 Å². The molecule has 1 aliphatic heterocycles. The molecule has 0 aliphatic carbocycles. The first kappa shape index (κ1) is 40.5. The fourth-order valence-corrected chi connectivity index (χ4v) is 0.622. The molecular formula is C19H26NaO12S. The molecule has 0 aromatic rings. The van der Waals surface area contributed by atoms with Gasteiger partial charge in [0.1, 0.15) is 0 Å². The number of carbonyl (C=O) groups excluding carboxylic acids is 4. The summed E-state index contributed by atoms with van der Waals surface area (Å²) in [5.74, 6) is -2.78. The molecule has 0 saturated carbocycles. The number of ether oxygens (including phenoxy) is 3. The van der Waals surface area contributed by atoms with Gasteiger partial charge in [-0.05, 0) is 13.8 Å². The Morgan fingerprint density at radius 3 is 1.52 bits per heavy atom. The first-order valence-corrected chi connectivity index (χ1v) is 9.57. The predicted molar refractivity (Wildman–Crippen MR) is 119 cm³/mol. The van der Waals surface area contributed by atoms with Crippen LogP contribution in [0.2, 0.25) is 0 Å². The van der Waals surface area contributed by atoms with Crippen LogP contribution in [0.5, 0.6) is 0 Å². The van der Waals surface area contributed by atoms with Gasteiger partial charge in [0.25, 0.3) is 10.1 Å². The Morgan fingerprint density at radius 2 is 1.45 bits per heavy atom. The molecule has 0 atom stereocenters. The Balaban J connectivity index is -0.0000000985. The van der Waals surface area contributed by atoms with E-state index in [0.29, 0.717) is 12.0 Å². The molecule has 12 nitrogen and oxygen atoms in total. The van der Waals surface area contributed by atoms with Crippen LogP contribution in [0.1, 0.15) is 20.8 Å². The molecule has 0 aromatic carbocycles. The van der Waals surface area contributed by atoms with Gasteiger partial charge in [0.2, 0.25) is 0 Å². The Hall–Kier alpha value is -2.84. The van der Waals surface area contributed by atoms with E-state index >= 15 is 0 Å². The molecule has 1 heterocycles. The molecule has 14 heteroatoms. The molecule has 0 bridgehead atoms. The van der Waals surface area contributed by atoms with Crippen LogP contribution in [0.4, 0.5) is 0 Å². The number of carbonyl (C=O) groups is 5. The second kappa shape index (κ2) is 25.4. The van der Waals surface area contributed by atoms with Gasteiger partial charge in [0.05, 0.1) is 18.3 Å². The zero-order chi connectivity index (χ0) is 26.3. The summed E-state index contributed by atoms with van der Waals surface area (Å²) in [4.78, 5) is 49.3. The zero-order valence-corrected chi connectivity index (χ0v) is 21.6. The second-order valence-electron chi connectivity index (χ2n) is 4.57. The third-order valence-corrected chi connectivity index (χ3v) is 2.26. The van der Waals surface area contributed by atoms with E-state index in [1.807, 2.05) is 0 Å². The van der Waals surface area contributed by atoms with Crippen LogP contribution in [-0.4, -0.2) is 84.1 Å². The van der Waals surface area contributed by atoms with E-state index in [-0.39, 0.29) is 47.1 Å². The first-order chi connectivity index (χ1) is 14.6. The molecule has 1 aliphatic rings. The van der Waals surface area contributed by atoms with Gasteiger partial charge in [-0.1, -0.05) is 26.3 Å². The van der Waals surface area contributed by atoms with E-state index in [0.717, 1.165) is 24.5 Å². The van der Waals surface area contributed by atoms with Crippen molar-refractivity contribution in [2.75, 3.05) is 6.61 Å². The molecule has 181 valence electrons. The van der Waals surface area contributed by atoms with Crippen molar-refractivity contribution in [1.29, 1.82) is 0 Å². The Morgan fingerprint density at radius 1 is 1.09 bits per heavy atom. The standard InChI is InChI=1S/C5H8O2.C4H2O3.2C4H6O2.C2H4O3S.Na/c1-3-5(6)7-4-2;5-3-1-2-4(6)7-3;1-3-6-4(2)5;1-3(2)4(5)6;1-2-6(3,4)5;/h3H,1,4H2,2H3;1-2H;3H,1H2,2H3;1H2,2H3,(H,5,6);2H,1H2,(H,3,4,5);. The van der Waals surface area contributed by atoms with E-state index in [1.54, 1.807) is 6.92 Å². The monoisotopic (exact) mass is 501 g/mol. The molecule has 0 spiro atoms. The van der Waals surface area contributed by atoms with E-state index in [4.69, 9.17) is 9.66 Å². The van der Waals surface area contributed by atoms with Crippen LogP contribution in [0.25, 0.3) is 0 Å². The molecule has 0 aromatic heterocycles. The third kappa shape index (κ3) is 48.0. The molecule has 0 saturated heterocycles. The molecule has 2 N–H and O–H groups in total. The predicted octanol–water partition coefficient (Wildman–Crippen LogP) is 1.34. The maximum Gasteiger partial charge on any atom is 0.338 e. The van der Waals surface area contributed by atoms with Crippen molar-refractivity contribution in [2.24, 2.45) is 0 Å². The molecule has 0 unspecified atom stereocenters. The summed E-state index contributed by atoms with van der Waals surface area (Å²) in [7, 11) is -3.90. The minimum Gasteiger partial charge on any atom is -0.478 e. The number of carboxylic acid groups (broad SMARTS) is 1. The van der Waals surface area contributed by atoms with Crippen LogP contribution in [0, 0.1) is 0 Å². The van der Waals surface area contributed by atoms with Gasteiger partial charge < -0.3 is 19.3 Å². The summed E-state index contributed by atoms with van der Waals surface area (Å²) in [6, 6.07) is 0. The number of cyclic esters (lactones) is 2. The molecule has 33 heavy (non-hydrogen) atoms. The van der Waals surface area contributed by atoms with Crippen LogP contribution >= 0.6 is 0 Å². The van der Waals surface area contributed by atoms with Gasteiger partial charge >= 0.3 is 29.8 Å². The van der Waals surface area contributed by atoms with Gasteiger partial charge in [-0.25, -0.2) is 19.2 Å². The third-order valence-electron chi connectivity index (χ3n) is 1.83. The Bertz CT molecular complexity index is 786. The summed E-state index contributed by atoms with van der Waals surface area (Å²) in [5.41, 5.74) is 0.176. The molecule has 0 amide bonds.